The molecule has 0 spiro atoms. The summed E-state index contributed by atoms with van der Waals surface area (Å²) in [6.45, 7) is 10.5. The molecule has 0 unspecified atom stereocenters. The summed E-state index contributed by atoms with van der Waals surface area (Å²) in [5.74, 6) is 0.554. The van der Waals surface area contributed by atoms with E-state index in [0.29, 0.717) is 12.2 Å². The summed E-state index contributed by atoms with van der Waals surface area (Å²) >= 11 is 0. The molecule has 0 aromatic heterocycles. The minimum Gasteiger partial charge on any atom is -0.295 e. The fourth-order valence-corrected chi connectivity index (χ4v) is 4.04. The van der Waals surface area contributed by atoms with E-state index in [2.05, 4.69) is 30.9 Å². The van der Waals surface area contributed by atoms with Crippen molar-refractivity contribution in [2.24, 2.45) is 11.3 Å². The van der Waals surface area contributed by atoms with Gasteiger partial charge in [0.2, 0.25) is 0 Å². The van der Waals surface area contributed by atoms with Gasteiger partial charge in [-0.1, -0.05) is 30.2 Å². The smallest absolute Gasteiger partial charge is 0.159 e. The number of carbonyl (C=O) groups excluding carboxylic acids is 1. The zero-order valence-electron chi connectivity index (χ0n) is 15.1. The van der Waals surface area contributed by atoms with Crippen LogP contribution in [0.2, 0.25) is 0 Å². The van der Waals surface area contributed by atoms with Crippen LogP contribution in [0.15, 0.2) is 34.4 Å². The average Bonchev–Trinajstić information content (AvgIpc) is 2.73. The van der Waals surface area contributed by atoms with Gasteiger partial charge < -0.3 is 0 Å². The highest BCUT2D eigenvalue weighted by atomic mass is 17.1. The number of ketones is 1. The second-order valence-electron chi connectivity index (χ2n) is 7.79. The second-order valence-corrected chi connectivity index (χ2v) is 7.79. The fraction of sp³-hybridized carbons (Fsp3) is 0.650. The normalized spacial score (nSPS) is 37.3. The zero-order chi connectivity index (χ0) is 17.2. The summed E-state index contributed by atoms with van der Waals surface area (Å²) in [6.07, 6.45) is 8.28. The van der Waals surface area contributed by atoms with E-state index in [1.165, 1.54) is 5.57 Å². The molecule has 0 heterocycles. The molecule has 0 aliphatic heterocycles. The Hall–Kier alpha value is -1.19. The number of hydrogen-bond acceptors (Lipinski definition) is 3. The summed E-state index contributed by atoms with van der Waals surface area (Å²) in [4.78, 5) is 17.3. The van der Waals surface area contributed by atoms with Crippen molar-refractivity contribution in [2.75, 3.05) is 0 Å². The van der Waals surface area contributed by atoms with Crippen LogP contribution >= 0.6 is 0 Å². The number of allylic oxidation sites excluding steroid dienone is 5. The molecule has 3 atom stereocenters. The summed E-state index contributed by atoms with van der Waals surface area (Å²) in [5.41, 5.74) is 4.50. The predicted molar refractivity (Wildman–Crippen MR) is 93.1 cm³/mol. The van der Waals surface area contributed by atoms with Crippen molar-refractivity contribution in [3.05, 3.63) is 34.4 Å². The Morgan fingerprint density at radius 1 is 1.30 bits per heavy atom. The van der Waals surface area contributed by atoms with Gasteiger partial charge in [0, 0.05) is 6.42 Å². The van der Waals surface area contributed by atoms with Gasteiger partial charge in [0.15, 0.2) is 5.78 Å². The first-order valence-corrected chi connectivity index (χ1v) is 8.61. The van der Waals surface area contributed by atoms with Crippen molar-refractivity contribution in [3.63, 3.8) is 0 Å². The molecule has 1 saturated carbocycles. The number of Topliss-reactive ketones (excluding diaryl/α,β-unsaturated/α-hetero) is 1. The van der Waals surface area contributed by atoms with Gasteiger partial charge in [0.1, 0.15) is 6.10 Å². The number of carbonyl (C=O) groups is 1. The van der Waals surface area contributed by atoms with E-state index in [0.717, 1.165) is 42.4 Å². The van der Waals surface area contributed by atoms with Crippen LogP contribution in [0.1, 0.15) is 66.7 Å². The van der Waals surface area contributed by atoms with Crippen LogP contribution < -0.4 is 0 Å². The van der Waals surface area contributed by atoms with Gasteiger partial charge in [-0.2, -0.15) is 0 Å². The summed E-state index contributed by atoms with van der Waals surface area (Å²) < 4.78 is 0. The lowest BCUT2D eigenvalue weighted by Gasteiger charge is -2.30. The molecule has 0 bridgehead atoms. The third-order valence-electron chi connectivity index (χ3n) is 5.62. The topological polar surface area (TPSA) is 46.5 Å². The van der Waals surface area contributed by atoms with E-state index in [9.17, 15) is 10.1 Å². The van der Waals surface area contributed by atoms with Gasteiger partial charge in [0.25, 0.3) is 0 Å². The molecule has 0 amide bonds. The van der Waals surface area contributed by atoms with Crippen LogP contribution in [0, 0.1) is 11.3 Å². The van der Waals surface area contributed by atoms with Crippen LogP contribution in [0.25, 0.3) is 0 Å². The maximum atomic E-state index is 12.6. The first-order valence-electron chi connectivity index (χ1n) is 8.61. The van der Waals surface area contributed by atoms with Crippen molar-refractivity contribution in [1.82, 2.24) is 0 Å². The fourth-order valence-electron chi connectivity index (χ4n) is 4.04. The minimum absolute atomic E-state index is 0.0123. The van der Waals surface area contributed by atoms with Gasteiger partial charge in [-0.3, -0.25) is 10.1 Å². The van der Waals surface area contributed by atoms with E-state index in [4.69, 9.17) is 0 Å². The van der Waals surface area contributed by atoms with Gasteiger partial charge in [-0.05, 0) is 75.9 Å². The minimum atomic E-state index is -0.255. The van der Waals surface area contributed by atoms with Gasteiger partial charge in [0.05, 0.1) is 0 Å². The highest BCUT2D eigenvalue weighted by Gasteiger charge is 2.46. The van der Waals surface area contributed by atoms with E-state index in [-0.39, 0.29) is 17.4 Å². The van der Waals surface area contributed by atoms with Crippen molar-refractivity contribution in [3.8, 4) is 0 Å². The monoisotopic (exact) mass is 318 g/mol. The number of fused-ring (bicyclic) bond motifs is 1. The van der Waals surface area contributed by atoms with Crippen LogP contribution in [0.4, 0.5) is 0 Å². The lowest BCUT2D eigenvalue weighted by atomic mass is 9.73. The number of rotatable bonds is 1. The zero-order valence-corrected chi connectivity index (χ0v) is 15.1. The second kappa shape index (κ2) is 7.14. The Bertz CT molecular complexity index is 563. The SMILES string of the molecule is CC(C)=C1C(=O)C[C@@]2(C)C/C=C(\C)CC[C@@H](OO)/C(C)=C/C[C@H]12. The maximum Gasteiger partial charge on any atom is 0.159 e. The Morgan fingerprint density at radius 3 is 2.61 bits per heavy atom. The third kappa shape index (κ3) is 3.84. The van der Waals surface area contributed by atoms with E-state index >= 15 is 0 Å². The summed E-state index contributed by atoms with van der Waals surface area (Å²) in [5, 5.41) is 9.19. The van der Waals surface area contributed by atoms with Crippen molar-refractivity contribution in [1.29, 1.82) is 0 Å². The lowest BCUT2D eigenvalue weighted by molar-refractivity contribution is -0.269. The molecule has 128 valence electrons. The molecule has 1 fully saturated rings. The molecular weight excluding hydrogens is 288 g/mol. The largest absolute Gasteiger partial charge is 0.295 e. The first-order chi connectivity index (χ1) is 10.8. The molecule has 3 nitrogen and oxygen atoms in total. The predicted octanol–water partition coefficient (Wildman–Crippen LogP) is 5.24. The highest BCUT2D eigenvalue weighted by molar-refractivity contribution is 5.99. The van der Waals surface area contributed by atoms with Gasteiger partial charge >= 0.3 is 0 Å². The van der Waals surface area contributed by atoms with Crippen LogP contribution in [0.5, 0.6) is 0 Å². The van der Waals surface area contributed by atoms with Gasteiger partial charge in [-0.25, -0.2) is 4.89 Å². The maximum absolute atomic E-state index is 12.6. The van der Waals surface area contributed by atoms with E-state index in [1.807, 2.05) is 20.8 Å². The quantitative estimate of drug-likeness (QED) is 0.311. The van der Waals surface area contributed by atoms with Crippen molar-refractivity contribution < 1.29 is 14.9 Å². The van der Waals surface area contributed by atoms with Crippen molar-refractivity contribution >= 4 is 5.78 Å². The third-order valence-corrected chi connectivity index (χ3v) is 5.62. The molecule has 23 heavy (non-hydrogen) atoms. The molecule has 3 heteroatoms. The molecule has 0 aromatic rings. The molecule has 0 radical (unpaired) electrons. The van der Waals surface area contributed by atoms with E-state index < -0.39 is 0 Å². The molecule has 2 aliphatic rings. The molecule has 2 rings (SSSR count). The standard InChI is InChI=1S/C20H30O3/c1-13(2)19-16-8-7-15(4)18(23-22)9-6-14(3)10-11-20(16,5)12-17(19)21/h7,10,16,18,22H,6,8-9,11-12H2,1-5H3/b14-10+,15-7+/t16-,18-,20-/m1/s1. The molecule has 1 N–H and O–H groups in total. The Labute approximate surface area is 140 Å². The van der Waals surface area contributed by atoms with E-state index in [1.54, 1.807) is 0 Å². The Balaban J connectivity index is 2.45. The van der Waals surface area contributed by atoms with Crippen molar-refractivity contribution in [2.45, 2.75) is 72.8 Å². The number of hydrogen-bond donors (Lipinski definition) is 1. The molecule has 0 aromatic carbocycles. The lowest BCUT2D eigenvalue weighted by Crippen LogP contribution is -2.22. The Morgan fingerprint density at radius 2 is 2.00 bits per heavy atom. The average molecular weight is 318 g/mol. The van der Waals surface area contributed by atoms with Crippen LogP contribution in [0.3, 0.4) is 0 Å². The summed E-state index contributed by atoms with van der Waals surface area (Å²) in [7, 11) is 0. The molecular formula is C20H30O3. The summed E-state index contributed by atoms with van der Waals surface area (Å²) in [6, 6.07) is 0. The molecule has 2 aliphatic carbocycles. The van der Waals surface area contributed by atoms with Crippen LogP contribution in [-0.4, -0.2) is 17.1 Å². The van der Waals surface area contributed by atoms with Gasteiger partial charge in [-0.15, -0.1) is 0 Å². The molecule has 0 saturated heterocycles. The first kappa shape index (κ1) is 18.2. The Kier molecular flexibility index (Phi) is 5.64. The highest BCUT2D eigenvalue weighted by Crippen LogP contribution is 2.50. The van der Waals surface area contributed by atoms with Crippen LogP contribution in [-0.2, 0) is 9.68 Å².